The Morgan fingerprint density at radius 1 is 1.48 bits per heavy atom. The monoisotopic (exact) mass is 333 g/mol. The molecule has 0 bridgehead atoms. The number of ether oxygens (including phenoxy) is 1. The van der Waals surface area contributed by atoms with Gasteiger partial charge in [0.15, 0.2) is 0 Å². The number of nitrogens with one attached hydrogen (secondary N) is 1. The Bertz CT molecular complexity index is 713. The SMILES string of the molecule is CCNC(=O)C[C@H]1CCc2sc3ncnc(O[C@H](C)CC)c3c21. The number of aryl methyl sites for hydroxylation is 1. The highest BCUT2D eigenvalue weighted by atomic mass is 32.1. The van der Waals surface area contributed by atoms with Crippen molar-refractivity contribution >= 4 is 27.5 Å². The average molecular weight is 333 g/mol. The Kier molecular flexibility index (Phi) is 4.80. The molecule has 0 saturated heterocycles. The van der Waals surface area contributed by atoms with E-state index in [0.29, 0.717) is 18.8 Å². The fourth-order valence-electron chi connectivity index (χ4n) is 3.10. The van der Waals surface area contributed by atoms with Crippen LogP contribution in [-0.2, 0) is 11.2 Å². The summed E-state index contributed by atoms with van der Waals surface area (Å²) in [5, 5.41) is 3.93. The van der Waals surface area contributed by atoms with Gasteiger partial charge >= 0.3 is 0 Å². The van der Waals surface area contributed by atoms with Gasteiger partial charge < -0.3 is 10.1 Å². The zero-order chi connectivity index (χ0) is 16.4. The van der Waals surface area contributed by atoms with E-state index in [1.54, 1.807) is 17.7 Å². The topological polar surface area (TPSA) is 64.1 Å². The van der Waals surface area contributed by atoms with Crippen molar-refractivity contribution in [3.8, 4) is 5.88 Å². The van der Waals surface area contributed by atoms with Crippen molar-refractivity contribution in [3.05, 3.63) is 16.8 Å². The molecule has 1 aliphatic carbocycles. The fraction of sp³-hybridized carbons (Fsp3) is 0.588. The van der Waals surface area contributed by atoms with Gasteiger partial charge in [0.1, 0.15) is 11.2 Å². The Labute approximate surface area is 140 Å². The second-order valence-corrected chi connectivity index (χ2v) is 7.11. The van der Waals surface area contributed by atoms with Crippen molar-refractivity contribution in [2.75, 3.05) is 6.54 Å². The highest BCUT2D eigenvalue weighted by Gasteiger charge is 2.31. The van der Waals surface area contributed by atoms with Crippen LogP contribution in [0.3, 0.4) is 0 Å². The van der Waals surface area contributed by atoms with Gasteiger partial charge in [-0.1, -0.05) is 6.92 Å². The van der Waals surface area contributed by atoms with Crippen molar-refractivity contribution in [2.24, 2.45) is 0 Å². The lowest BCUT2D eigenvalue weighted by molar-refractivity contribution is -0.121. The van der Waals surface area contributed by atoms with E-state index in [1.807, 2.05) is 13.8 Å². The van der Waals surface area contributed by atoms with Crippen molar-refractivity contribution < 1.29 is 9.53 Å². The first-order valence-corrected chi connectivity index (χ1v) is 9.15. The molecule has 1 N–H and O–H groups in total. The van der Waals surface area contributed by atoms with Crippen molar-refractivity contribution in [3.63, 3.8) is 0 Å². The quantitative estimate of drug-likeness (QED) is 0.880. The van der Waals surface area contributed by atoms with Crippen LogP contribution in [0, 0.1) is 0 Å². The minimum atomic E-state index is 0.117. The van der Waals surface area contributed by atoms with Crippen molar-refractivity contribution in [1.82, 2.24) is 15.3 Å². The van der Waals surface area contributed by atoms with E-state index in [2.05, 4.69) is 22.2 Å². The summed E-state index contributed by atoms with van der Waals surface area (Å²) in [4.78, 5) is 23.1. The molecule has 3 rings (SSSR count). The summed E-state index contributed by atoms with van der Waals surface area (Å²) >= 11 is 1.72. The Morgan fingerprint density at radius 3 is 3.04 bits per heavy atom. The summed E-state index contributed by atoms with van der Waals surface area (Å²) < 4.78 is 6.02. The van der Waals surface area contributed by atoms with Gasteiger partial charge in [-0.3, -0.25) is 4.79 Å². The highest BCUT2D eigenvalue weighted by molar-refractivity contribution is 7.19. The summed E-state index contributed by atoms with van der Waals surface area (Å²) in [5.41, 5.74) is 1.25. The molecule has 0 saturated carbocycles. The van der Waals surface area contributed by atoms with Crippen LogP contribution in [0.4, 0.5) is 0 Å². The molecule has 6 heteroatoms. The fourth-order valence-corrected chi connectivity index (χ4v) is 4.33. The molecule has 2 atom stereocenters. The lowest BCUT2D eigenvalue weighted by Crippen LogP contribution is -2.24. The maximum atomic E-state index is 12.0. The number of aromatic nitrogens is 2. The van der Waals surface area contributed by atoms with Gasteiger partial charge in [0.25, 0.3) is 0 Å². The van der Waals surface area contributed by atoms with Crippen LogP contribution < -0.4 is 10.1 Å². The number of rotatable bonds is 6. The summed E-state index contributed by atoms with van der Waals surface area (Å²) in [7, 11) is 0. The molecule has 0 fully saturated rings. The third-order valence-electron chi connectivity index (χ3n) is 4.39. The molecule has 0 radical (unpaired) electrons. The molecule has 1 aliphatic rings. The summed E-state index contributed by atoms with van der Waals surface area (Å²) in [6.07, 6.45) is 5.19. The van der Waals surface area contributed by atoms with E-state index in [0.717, 1.165) is 29.5 Å². The van der Waals surface area contributed by atoms with Gasteiger partial charge in [0.2, 0.25) is 11.8 Å². The van der Waals surface area contributed by atoms with Gasteiger partial charge in [-0.2, -0.15) is 0 Å². The maximum absolute atomic E-state index is 12.0. The van der Waals surface area contributed by atoms with E-state index in [1.165, 1.54) is 10.4 Å². The first-order chi connectivity index (χ1) is 11.1. The van der Waals surface area contributed by atoms with Crippen LogP contribution in [0.2, 0.25) is 0 Å². The molecule has 0 spiro atoms. The van der Waals surface area contributed by atoms with Crippen LogP contribution >= 0.6 is 11.3 Å². The number of nitrogens with zero attached hydrogens (tertiary/aromatic N) is 2. The second-order valence-electron chi connectivity index (χ2n) is 6.03. The maximum Gasteiger partial charge on any atom is 0.225 e. The Morgan fingerprint density at radius 2 is 2.30 bits per heavy atom. The van der Waals surface area contributed by atoms with Crippen LogP contribution in [-0.4, -0.2) is 28.5 Å². The first-order valence-electron chi connectivity index (χ1n) is 8.33. The molecular formula is C17H23N3O2S. The molecule has 0 unspecified atom stereocenters. The minimum Gasteiger partial charge on any atom is -0.474 e. The molecule has 2 aromatic rings. The van der Waals surface area contributed by atoms with Crippen LogP contribution in [0.1, 0.15) is 56.4 Å². The lowest BCUT2D eigenvalue weighted by atomic mass is 9.97. The molecule has 5 nitrogen and oxygen atoms in total. The molecule has 23 heavy (non-hydrogen) atoms. The molecule has 0 aromatic carbocycles. The van der Waals surface area contributed by atoms with Crippen molar-refractivity contribution in [1.29, 1.82) is 0 Å². The largest absolute Gasteiger partial charge is 0.474 e. The molecule has 1 amide bonds. The third-order valence-corrected chi connectivity index (χ3v) is 5.56. The predicted octanol–water partition coefficient (Wildman–Crippen LogP) is 3.42. The summed E-state index contributed by atoms with van der Waals surface area (Å²) in [5.74, 6) is 1.03. The smallest absolute Gasteiger partial charge is 0.225 e. The number of hydrogen-bond donors (Lipinski definition) is 1. The predicted molar refractivity (Wildman–Crippen MR) is 92.2 cm³/mol. The van der Waals surface area contributed by atoms with E-state index in [4.69, 9.17) is 4.74 Å². The normalized spacial score (nSPS) is 18.0. The van der Waals surface area contributed by atoms with E-state index < -0.39 is 0 Å². The molecule has 2 aromatic heterocycles. The van der Waals surface area contributed by atoms with Crippen molar-refractivity contribution in [2.45, 2.75) is 58.5 Å². The van der Waals surface area contributed by atoms with Crippen LogP contribution in [0.25, 0.3) is 10.2 Å². The standard InChI is InChI=1S/C17H23N3O2S/c1-4-10(3)22-16-15-14-11(8-13(21)18-5-2)6-7-12(14)23-17(15)20-9-19-16/h9-11H,4-8H2,1-3H3,(H,18,21)/t10-,11-/m1/s1. The van der Waals surface area contributed by atoms with Gasteiger partial charge in [-0.25, -0.2) is 9.97 Å². The first kappa shape index (κ1) is 16.2. The number of hydrogen-bond acceptors (Lipinski definition) is 5. The molecular weight excluding hydrogens is 310 g/mol. The Balaban J connectivity index is 1.97. The van der Waals surface area contributed by atoms with E-state index in [-0.39, 0.29) is 17.9 Å². The van der Waals surface area contributed by atoms with Gasteiger partial charge in [0.05, 0.1) is 11.5 Å². The molecule has 2 heterocycles. The summed E-state index contributed by atoms with van der Waals surface area (Å²) in [6.45, 7) is 6.77. The zero-order valence-corrected chi connectivity index (χ0v) is 14.7. The third kappa shape index (κ3) is 3.17. The second kappa shape index (κ2) is 6.83. The number of thiophene rings is 1. The van der Waals surface area contributed by atoms with E-state index >= 15 is 0 Å². The lowest BCUT2D eigenvalue weighted by Gasteiger charge is -2.15. The number of carbonyl (C=O) groups is 1. The van der Waals surface area contributed by atoms with E-state index in [9.17, 15) is 4.79 Å². The number of amides is 1. The summed E-state index contributed by atoms with van der Waals surface area (Å²) in [6, 6.07) is 0. The molecule has 0 aliphatic heterocycles. The van der Waals surface area contributed by atoms with Gasteiger partial charge in [-0.05, 0) is 44.6 Å². The average Bonchev–Trinajstić information content (AvgIpc) is 3.07. The minimum absolute atomic E-state index is 0.117. The van der Waals surface area contributed by atoms with Gasteiger partial charge in [0, 0.05) is 17.8 Å². The zero-order valence-electron chi connectivity index (χ0n) is 13.9. The Hall–Kier alpha value is -1.69. The number of carbonyl (C=O) groups excluding carboxylic acids is 1. The number of fused-ring (bicyclic) bond motifs is 3. The van der Waals surface area contributed by atoms with Crippen LogP contribution in [0.5, 0.6) is 5.88 Å². The van der Waals surface area contributed by atoms with Gasteiger partial charge in [-0.15, -0.1) is 11.3 Å². The van der Waals surface area contributed by atoms with Crippen LogP contribution in [0.15, 0.2) is 6.33 Å². The molecule has 124 valence electrons. The highest BCUT2D eigenvalue weighted by Crippen LogP contribution is 2.47.